The number of nitrogens with zero attached hydrogens (tertiary/aromatic N) is 1. The van der Waals surface area contributed by atoms with Crippen LogP contribution in [-0.2, 0) is 6.54 Å². The predicted octanol–water partition coefficient (Wildman–Crippen LogP) is 4.07. The molecule has 19 heavy (non-hydrogen) atoms. The quantitative estimate of drug-likeness (QED) is 0.865. The van der Waals surface area contributed by atoms with Crippen LogP contribution in [0.5, 0.6) is 0 Å². The summed E-state index contributed by atoms with van der Waals surface area (Å²) in [7, 11) is 0. The summed E-state index contributed by atoms with van der Waals surface area (Å²) in [6.45, 7) is 6.71. The molecule has 0 aromatic heterocycles. The summed E-state index contributed by atoms with van der Waals surface area (Å²) in [6, 6.07) is 6.50. The highest BCUT2D eigenvalue weighted by molar-refractivity contribution is 9.10. The van der Waals surface area contributed by atoms with Crippen molar-refractivity contribution in [3.63, 3.8) is 0 Å². The molecule has 2 rings (SSSR count). The van der Waals surface area contributed by atoms with Crippen LogP contribution in [0, 0.1) is 0 Å². The highest BCUT2D eigenvalue weighted by Crippen LogP contribution is 2.21. The van der Waals surface area contributed by atoms with Crippen LogP contribution < -0.4 is 5.32 Å². The van der Waals surface area contributed by atoms with E-state index >= 15 is 0 Å². The summed E-state index contributed by atoms with van der Waals surface area (Å²) in [5.74, 6) is 0. The summed E-state index contributed by atoms with van der Waals surface area (Å²) < 4.78 is 1.08. The lowest BCUT2D eigenvalue weighted by atomic mass is 10.1. The molecule has 1 unspecified atom stereocenters. The fraction of sp³-hybridized carbons (Fsp3) is 0.600. The molecule has 2 nitrogen and oxygen atoms in total. The molecule has 1 aromatic carbocycles. The molecule has 1 fully saturated rings. The van der Waals surface area contributed by atoms with Crippen molar-refractivity contribution in [1.29, 1.82) is 0 Å². The van der Waals surface area contributed by atoms with Crippen LogP contribution >= 0.6 is 27.5 Å². The molecule has 1 aromatic rings. The summed E-state index contributed by atoms with van der Waals surface area (Å²) in [5.41, 5.74) is 1.15. The molecule has 0 radical (unpaired) electrons. The molecule has 0 amide bonds. The van der Waals surface area contributed by atoms with E-state index in [9.17, 15) is 0 Å². The molecule has 0 bridgehead atoms. The number of likely N-dealkylation sites (tertiary alicyclic amines) is 1. The molecule has 4 heteroatoms. The molecule has 0 aliphatic carbocycles. The third-order valence-electron chi connectivity index (χ3n) is 3.63. The number of halogens is 2. The minimum atomic E-state index is 0.494. The van der Waals surface area contributed by atoms with Gasteiger partial charge >= 0.3 is 0 Å². The van der Waals surface area contributed by atoms with Crippen LogP contribution in [0.1, 0.15) is 31.7 Å². The fourth-order valence-corrected chi connectivity index (χ4v) is 3.15. The average molecular weight is 346 g/mol. The molecule has 1 aliphatic heterocycles. The number of rotatable bonds is 5. The normalized spacial score (nSPS) is 18.5. The lowest BCUT2D eigenvalue weighted by molar-refractivity contribution is 0.209. The second kappa shape index (κ2) is 7.63. The first-order valence-electron chi connectivity index (χ1n) is 7.05. The topological polar surface area (TPSA) is 15.3 Å². The van der Waals surface area contributed by atoms with Crippen molar-refractivity contribution >= 4 is 27.5 Å². The van der Waals surface area contributed by atoms with Crippen LogP contribution in [0.2, 0.25) is 5.02 Å². The number of hydrogen-bond donors (Lipinski definition) is 1. The van der Waals surface area contributed by atoms with E-state index in [0.29, 0.717) is 6.04 Å². The third kappa shape index (κ3) is 5.07. The van der Waals surface area contributed by atoms with Gasteiger partial charge < -0.3 is 10.2 Å². The lowest BCUT2D eigenvalue weighted by Gasteiger charge is -2.29. The van der Waals surface area contributed by atoms with Crippen molar-refractivity contribution in [2.24, 2.45) is 0 Å². The zero-order chi connectivity index (χ0) is 13.7. The summed E-state index contributed by atoms with van der Waals surface area (Å²) in [6.07, 6.45) is 4.10. The van der Waals surface area contributed by atoms with Gasteiger partial charge in [-0.25, -0.2) is 0 Å². The molecule has 1 aliphatic rings. The minimum Gasteiger partial charge on any atom is -0.309 e. The number of piperidine rings is 1. The maximum atomic E-state index is 6.20. The Balaban J connectivity index is 1.79. The van der Waals surface area contributed by atoms with Gasteiger partial charge in [0.25, 0.3) is 0 Å². The van der Waals surface area contributed by atoms with Crippen LogP contribution in [-0.4, -0.2) is 30.6 Å². The van der Waals surface area contributed by atoms with Gasteiger partial charge in [0, 0.05) is 28.6 Å². The molecule has 1 N–H and O–H groups in total. The van der Waals surface area contributed by atoms with Gasteiger partial charge in [-0.1, -0.05) is 34.0 Å². The first-order valence-corrected chi connectivity index (χ1v) is 8.22. The van der Waals surface area contributed by atoms with Crippen LogP contribution in [0.4, 0.5) is 0 Å². The highest BCUT2D eigenvalue weighted by Gasteiger charge is 2.13. The van der Waals surface area contributed by atoms with E-state index in [0.717, 1.165) is 28.1 Å². The van der Waals surface area contributed by atoms with E-state index in [4.69, 9.17) is 11.6 Å². The van der Waals surface area contributed by atoms with Gasteiger partial charge in [0.15, 0.2) is 0 Å². The third-order valence-corrected chi connectivity index (χ3v) is 4.49. The Bertz CT molecular complexity index is 405. The van der Waals surface area contributed by atoms with E-state index in [1.807, 2.05) is 12.1 Å². The molecule has 1 atom stereocenters. The number of nitrogens with one attached hydrogen (secondary N) is 1. The maximum absolute atomic E-state index is 6.20. The highest BCUT2D eigenvalue weighted by atomic mass is 79.9. The van der Waals surface area contributed by atoms with Crippen molar-refractivity contribution in [1.82, 2.24) is 10.2 Å². The largest absolute Gasteiger partial charge is 0.309 e. The minimum absolute atomic E-state index is 0.494. The van der Waals surface area contributed by atoms with Crippen molar-refractivity contribution < 1.29 is 0 Å². The predicted molar refractivity (Wildman–Crippen MR) is 85.7 cm³/mol. The molecule has 1 saturated heterocycles. The van der Waals surface area contributed by atoms with E-state index in [2.05, 4.69) is 39.1 Å². The van der Waals surface area contributed by atoms with Gasteiger partial charge in [-0.05, 0) is 56.6 Å². The Hall–Kier alpha value is -0.0900. The van der Waals surface area contributed by atoms with E-state index in [1.54, 1.807) is 0 Å². The SMILES string of the molecule is CC(CN1CCCCC1)NCc1cc(Br)ccc1Cl. The van der Waals surface area contributed by atoms with Crippen LogP contribution in [0.25, 0.3) is 0 Å². The number of benzene rings is 1. The van der Waals surface area contributed by atoms with Gasteiger partial charge in [0.1, 0.15) is 0 Å². The van der Waals surface area contributed by atoms with Crippen LogP contribution in [0.3, 0.4) is 0 Å². The lowest BCUT2D eigenvalue weighted by Crippen LogP contribution is -2.41. The number of hydrogen-bond acceptors (Lipinski definition) is 2. The second-order valence-electron chi connectivity index (χ2n) is 5.38. The Kier molecular flexibility index (Phi) is 6.14. The zero-order valence-corrected chi connectivity index (χ0v) is 13.8. The van der Waals surface area contributed by atoms with Crippen molar-refractivity contribution in [3.8, 4) is 0 Å². The summed E-state index contributed by atoms with van der Waals surface area (Å²) >= 11 is 9.69. The molecule has 1 heterocycles. The molecule has 0 saturated carbocycles. The van der Waals surface area contributed by atoms with Gasteiger partial charge in [-0.2, -0.15) is 0 Å². The molecule has 106 valence electrons. The van der Waals surface area contributed by atoms with E-state index in [-0.39, 0.29) is 0 Å². The Morgan fingerprint density at radius 1 is 1.32 bits per heavy atom. The Morgan fingerprint density at radius 2 is 2.05 bits per heavy atom. The monoisotopic (exact) mass is 344 g/mol. The smallest absolute Gasteiger partial charge is 0.0451 e. The standard InChI is InChI=1S/C15H22BrClN2/c1-12(11-19-7-3-2-4-8-19)18-10-13-9-14(16)5-6-15(13)17/h5-6,9,12,18H,2-4,7-8,10-11H2,1H3. The first kappa shape index (κ1) is 15.3. The van der Waals surface area contributed by atoms with E-state index in [1.165, 1.54) is 32.4 Å². The van der Waals surface area contributed by atoms with Crippen LogP contribution in [0.15, 0.2) is 22.7 Å². The molecule has 0 spiro atoms. The Labute approximate surface area is 129 Å². The van der Waals surface area contributed by atoms with Crippen molar-refractivity contribution in [2.45, 2.75) is 38.8 Å². The van der Waals surface area contributed by atoms with Gasteiger partial charge in [-0.15, -0.1) is 0 Å². The first-order chi connectivity index (χ1) is 9.15. The van der Waals surface area contributed by atoms with Gasteiger partial charge in [-0.3, -0.25) is 0 Å². The van der Waals surface area contributed by atoms with Gasteiger partial charge in [0.2, 0.25) is 0 Å². The average Bonchev–Trinajstić information content (AvgIpc) is 2.41. The Morgan fingerprint density at radius 3 is 2.79 bits per heavy atom. The summed E-state index contributed by atoms with van der Waals surface area (Å²) in [4.78, 5) is 2.56. The van der Waals surface area contributed by atoms with E-state index < -0.39 is 0 Å². The molecular formula is C15H22BrClN2. The van der Waals surface area contributed by atoms with Crippen molar-refractivity contribution in [3.05, 3.63) is 33.3 Å². The van der Waals surface area contributed by atoms with Gasteiger partial charge in [0.05, 0.1) is 0 Å². The van der Waals surface area contributed by atoms with Crippen molar-refractivity contribution in [2.75, 3.05) is 19.6 Å². The maximum Gasteiger partial charge on any atom is 0.0451 e. The second-order valence-corrected chi connectivity index (χ2v) is 6.70. The summed E-state index contributed by atoms with van der Waals surface area (Å²) in [5, 5.41) is 4.40. The molecular weight excluding hydrogens is 324 g/mol. The zero-order valence-electron chi connectivity index (χ0n) is 11.5. The fourth-order valence-electron chi connectivity index (χ4n) is 2.56.